The number of amides is 1. The van der Waals surface area contributed by atoms with Crippen LogP contribution in [0.1, 0.15) is 15.9 Å². The van der Waals surface area contributed by atoms with E-state index in [-0.39, 0.29) is 10.7 Å². The van der Waals surface area contributed by atoms with Crippen LogP contribution in [0.5, 0.6) is 0 Å². The quantitative estimate of drug-likeness (QED) is 0.466. The van der Waals surface area contributed by atoms with Crippen molar-refractivity contribution in [2.45, 2.75) is 6.54 Å². The third kappa shape index (κ3) is 5.26. The van der Waals surface area contributed by atoms with E-state index >= 15 is 0 Å². The third-order valence-electron chi connectivity index (χ3n) is 3.47. The predicted molar refractivity (Wildman–Crippen MR) is 103 cm³/mol. The van der Waals surface area contributed by atoms with Crippen LogP contribution < -0.4 is 4.80 Å². The molecule has 0 N–H and O–H groups in total. The molecule has 2 aromatic heterocycles. The smallest absolute Gasteiger partial charge is 0.340 e. The molecule has 0 aliphatic rings. The number of thiazole rings is 1. The summed E-state index contributed by atoms with van der Waals surface area (Å²) in [4.78, 5) is 32.2. The summed E-state index contributed by atoms with van der Waals surface area (Å²) in [6.07, 6.45) is 3.09. The van der Waals surface area contributed by atoms with Crippen molar-refractivity contribution in [1.82, 2.24) is 9.55 Å². The normalized spacial score (nSPS) is 11.4. The first-order valence-corrected chi connectivity index (χ1v) is 9.40. The van der Waals surface area contributed by atoms with Crippen LogP contribution in [-0.4, -0.2) is 28.0 Å². The van der Waals surface area contributed by atoms with Crippen molar-refractivity contribution in [3.05, 3.63) is 80.3 Å². The summed E-state index contributed by atoms with van der Waals surface area (Å²) in [6, 6.07) is 10.4. The van der Waals surface area contributed by atoms with Gasteiger partial charge in [-0.1, -0.05) is 41.4 Å². The molecule has 0 fully saturated rings. The number of hydrogen-bond donors (Lipinski definition) is 0. The van der Waals surface area contributed by atoms with E-state index in [1.54, 1.807) is 10.6 Å². The molecule has 0 bridgehead atoms. The number of carbonyl (C=O) groups is 2. The molecular weight excluding hydrogens is 409 g/mol. The van der Waals surface area contributed by atoms with Crippen molar-refractivity contribution in [1.29, 1.82) is 0 Å². The SMILES string of the molecule is O=C(COC(=O)c1ccc(Cl)nc1)N=c1sccn1Cc1ccccc1Cl. The van der Waals surface area contributed by atoms with E-state index in [2.05, 4.69) is 9.98 Å². The van der Waals surface area contributed by atoms with Crippen molar-refractivity contribution in [3.8, 4) is 0 Å². The zero-order chi connectivity index (χ0) is 19.2. The maximum atomic E-state index is 12.1. The highest BCUT2D eigenvalue weighted by atomic mass is 35.5. The van der Waals surface area contributed by atoms with E-state index in [1.165, 1.54) is 29.7 Å². The summed E-state index contributed by atoms with van der Waals surface area (Å²) in [5.74, 6) is -1.24. The number of rotatable bonds is 5. The van der Waals surface area contributed by atoms with Gasteiger partial charge in [-0.25, -0.2) is 9.78 Å². The number of esters is 1. The number of ether oxygens (including phenoxy) is 1. The lowest BCUT2D eigenvalue weighted by atomic mass is 10.2. The number of halogens is 2. The van der Waals surface area contributed by atoms with Crippen molar-refractivity contribution < 1.29 is 14.3 Å². The van der Waals surface area contributed by atoms with Crippen LogP contribution in [0.15, 0.2) is 59.2 Å². The molecule has 138 valence electrons. The van der Waals surface area contributed by atoms with Gasteiger partial charge in [-0.15, -0.1) is 11.3 Å². The fraction of sp³-hybridized carbons (Fsp3) is 0.111. The summed E-state index contributed by atoms with van der Waals surface area (Å²) in [5.41, 5.74) is 1.12. The lowest BCUT2D eigenvalue weighted by Crippen LogP contribution is -2.20. The van der Waals surface area contributed by atoms with E-state index in [0.717, 1.165) is 5.56 Å². The molecule has 0 atom stereocenters. The first kappa shape index (κ1) is 19.3. The third-order valence-corrected chi connectivity index (χ3v) is 4.86. The second-order valence-electron chi connectivity index (χ2n) is 5.36. The molecule has 0 saturated heterocycles. The topological polar surface area (TPSA) is 73.6 Å². The van der Waals surface area contributed by atoms with Gasteiger partial charge in [0.2, 0.25) is 0 Å². The molecule has 0 spiro atoms. The van der Waals surface area contributed by atoms with Crippen LogP contribution in [0.25, 0.3) is 0 Å². The Balaban J connectivity index is 1.66. The Morgan fingerprint density at radius 1 is 1.19 bits per heavy atom. The second-order valence-corrected chi connectivity index (χ2v) is 7.02. The highest BCUT2D eigenvalue weighted by Crippen LogP contribution is 2.15. The summed E-state index contributed by atoms with van der Waals surface area (Å²) in [6.45, 7) is 0.0109. The maximum Gasteiger partial charge on any atom is 0.340 e. The minimum absolute atomic E-state index is 0.206. The molecule has 0 saturated carbocycles. The summed E-state index contributed by atoms with van der Waals surface area (Å²) in [5, 5.41) is 2.71. The molecule has 0 aliphatic heterocycles. The van der Waals surface area contributed by atoms with Crippen LogP contribution in [0, 0.1) is 0 Å². The van der Waals surface area contributed by atoms with Gasteiger partial charge in [0, 0.05) is 22.8 Å². The Labute approximate surface area is 168 Å². The molecule has 27 heavy (non-hydrogen) atoms. The van der Waals surface area contributed by atoms with Crippen molar-refractivity contribution in [3.63, 3.8) is 0 Å². The minimum atomic E-state index is -0.669. The van der Waals surface area contributed by atoms with E-state index in [1.807, 2.05) is 29.8 Å². The van der Waals surface area contributed by atoms with Crippen LogP contribution in [0.3, 0.4) is 0 Å². The van der Waals surface area contributed by atoms with E-state index in [0.29, 0.717) is 16.4 Å². The first-order valence-electron chi connectivity index (χ1n) is 7.76. The standard InChI is InChI=1S/C18H13Cl2N3O3S/c19-14-4-2-1-3-13(14)10-23-7-8-27-18(23)22-16(24)11-26-17(25)12-5-6-15(20)21-9-12/h1-9H,10-11H2. The van der Waals surface area contributed by atoms with Gasteiger partial charge >= 0.3 is 5.97 Å². The number of hydrogen-bond acceptors (Lipinski definition) is 5. The van der Waals surface area contributed by atoms with Gasteiger partial charge in [-0.2, -0.15) is 4.99 Å². The highest BCUT2D eigenvalue weighted by Gasteiger charge is 2.11. The summed E-state index contributed by atoms with van der Waals surface area (Å²) < 4.78 is 6.77. The van der Waals surface area contributed by atoms with Gasteiger partial charge in [-0.3, -0.25) is 4.79 Å². The first-order chi connectivity index (χ1) is 13.0. The van der Waals surface area contributed by atoms with Gasteiger partial charge in [0.15, 0.2) is 11.4 Å². The molecule has 9 heteroatoms. The van der Waals surface area contributed by atoms with Crippen LogP contribution in [0.4, 0.5) is 0 Å². The Morgan fingerprint density at radius 2 is 2.00 bits per heavy atom. The number of aromatic nitrogens is 2. The fourth-order valence-corrected chi connectivity index (χ4v) is 3.22. The maximum absolute atomic E-state index is 12.1. The molecule has 0 radical (unpaired) electrons. The van der Waals surface area contributed by atoms with Gasteiger partial charge < -0.3 is 9.30 Å². The molecule has 1 aromatic carbocycles. The van der Waals surface area contributed by atoms with Gasteiger partial charge in [0.1, 0.15) is 5.15 Å². The summed E-state index contributed by atoms with van der Waals surface area (Å²) >= 11 is 13.1. The van der Waals surface area contributed by atoms with E-state index < -0.39 is 18.5 Å². The number of carbonyl (C=O) groups excluding carboxylic acids is 2. The van der Waals surface area contributed by atoms with Crippen LogP contribution >= 0.6 is 34.5 Å². The van der Waals surface area contributed by atoms with Gasteiger partial charge in [0.05, 0.1) is 12.1 Å². The zero-order valence-corrected chi connectivity index (χ0v) is 16.2. The molecule has 1 amide bonds. The Morgan fingerprint density at radius 3 is 2.74 bits per heavy atom. The fourth-order valence-electron chi connectivity index (χ4n) is 2.16. The molecule has 0 unspecified atom stereocenters. The monoisotopic (exact) mass is 421 g/mol. The van der Waals surface area contributed by atoms with Gasteiger partial charge in [-0.05, 0) is 23.8 Å². The van der Waals surface area contributed by atoms with Crippen LogP contribution in [0.2, 0.25) is 10.2 Å². The average molecular weight is 422 g/mol. The number of benzene rings is 1. The van der Waals surface area contributed by atoms with Crippen molar-refractivity contribution in [2.75, 3.05) is 6.61 Å². The van der Waals surface area contributed by atoms with E-state index in [4.69, 9.17) is 27.9 Å². The highest BCUT2D eigenvalue weighted by molar-refractivity contribution is 7.07. The number of nitrogens with zero attached hydrogens (tertiary/aromatic N) is 3. The molecule has 3 rings (SSSR count). The molecular formula is C18H13Cl2N3O3S. The molecule has 0 aliphatic carbocycles. The Hall–Kier alpha value is -2.48. The van der Waals surface area contributed by atoms with Gasteiger partial charge in [0.25, 0.3) is 5.91 Å². The van der Waals surface area contributed by atoms with Crippen molar-refractivity contribution in [2.24, 2.45) is 4.99 Å². The molecule has 3 aromatic rings. The van der Waals surface area contributed by atoms with Crippen LogP contribution in [-0.2, 0) is 16.1 Å². The predicted octanol–water partition coefficient (Wildman–Crippen LogP) is 3.58. The summed E-state index contributed by atoms with van der Waals surface area (Å²) in [7, 11) is 0. The van der Waals surface area contributed by atoms with E-state index in [9.17, 15) is 9.59 Å². The largest absolute Gasteiger partial charge is 0.452 e. The minimum Gasteiger partial charge on any atom is -0.452 e. The lowest BCUT2D eigenvalue weighted by molar-refractivity contribution is -0.121. The second kappa shape index (κ2) is 8.94. The Bertz CT molecular complexity index is 1030. The van der Waals surface area contributed by atoms with Crippen molar-refractivity contribution >= 4 is 46.4 Å². The Kier molecular flexibility index (Phi) is 6.39. The zero-order valence-electron chi connectivity index (χ0n) is 13.8. The lowest BCUT2D eigenvalue weighted by Gasteiger charge is -2.05. The molecule has 6 nitrogen and oxygen atoms in total. The average Bonchev–Trinajstić information content (AvgIpc) is 3.09. The number of pyridine rings is 1. The molecule has 2 heterocycles.